The fourth-order valence-electron chi connectivity index (χ4n) is 5.67. The van der Waals surface area contributed by atoms with E-state index >= 15 is 0 Å². The maximum absolute atomic E-state index is 12.9. The van der Waals surface area contributed by atoms with Crippen LogP contribution in [-0.2, 0) is 7.05 Å². The number of nitrogens with one attached hydrogen (secondary N) is 2. The van der Waals surface area contributed by atoms with Crippen LogP contribution in [0.1, 0.15) is 23.2 Å². The Morgan fingerprint density at radius 1 is 0.786 bits per heavy atom. The second kappa shape index (κ2) is 10.7. The lowest BCUT2D eigenvalue weighted by Gasteiger charge is -2.31. The minimum atomic E-state index is -0.171. The van der Waals surface area contributed by atoms with E-state index in [4.69, 9.17) is 0 Å². The van der Waals surface area contributed by atoms with Crippen molar-refractivity contribution in [3.8, 4) is 5.69 Å². The number of aromatic nitrogens is 3. The van der Waals surface area contributed by atoms with Crippen molar-refractivity contribution in [3.63, 3.8) is 0 Å². The summed E-state index contributed by atoms with van der Waals surface area (Å²) >= 11 is 0. The molecule has 0 unspecified atom stereocenters. The van der Waals surface area contributed by atoms with Crippen LogP contribution in [0.2, 0.25) is 0 Å². The molecule has 1 saturated heterocycles. The highest BCUT2D eigenvalue weighted by Gasteiger charge is 2.17. The van der Waals surface area contributed by atoms with Gasteiger partial charge in [-0.3, -0.25) is 4.79 Å². The van der Waals surface area contributed by atoms with Gasteiger partial charge in [-0.15, -0.1) is 0 Å². The zero-order chi connectivity index (χ0) is 28.6. The van der Waals surface area contributed by atoms with E-state index in [0.717, 1.165) is 70.5 Å². The number of carbonyl (C=O) groups excluding carboxylic acids is 1. The molecule has 4 aromatic carbocycles. The lowest BCUT2D eigenvalue weighted by atomic mass is 10.1. The zero-order valence-electron chi connectivity index (χ0n) is 23.4. The maximum atomic E-state index is 12.9. The van der Waals surface area contributed by atoms with Crippen LogP contribution in [0.5, 0.6) is 0 Å². The molecule has 7 rings (SSSR count). The summed E-state index contributed by atoms with van der Waals surface area (Å²) in [6.07, 6.45) is 5.32. The van der Waals surface area contributed by atoms with Gasteiger partial charge in [0.1, 0.15) is 0 Å². The highest BCUT2D eigenvalue weighted by molar-refractivity contribution is 6.06. The van der Waals surface area contributed by atoms with Crippen LogP contribution in [0.15, 0.2) is 103 Å². The molecule has 1 fully saturated rings. The number of rotatable bonds is 6. The Bertz CT molecular complexity index is 1880. The van der Waals surface area contributed by atoms with Crippen molar-refractivity contribution in [1.82, 2.24) is 14.3 Å². The van der Waals surface area contributed by atoms with Gasteiger partial charge in [-0.25, -0.2) is 4.68 Å². The van der Waals surface area contributed by atoms with Gasteiger partial charge in [0.2, 0.25) is 0 Å². The molecular weight excluding hydrogens is 524 g/mol. The predicted octanol–water partition coefficient (Wildman–Crippen LogP) is 6.47. The summed E-state index contributed by atoms with van der Waals surface area (Å²) in [5.41, 5.74) is 7.54. The average molecular weight is 557 g/mol. The maximum Gasteiger partial charge on any atom is 0.255 e. The number of anilines is 4. The van der Waals surface area contributed by atoms with Gasteiger partial charge in [-0.2, -0.15) is 5.10 Å². The number of piperidine rings is 1. The molecule has 0 aliphatic carbocycles. The first-order chi connectivity index (χ1) is 20.5. The second-order valence-electron chi connectivity index (χ2n) is 10.9. The van der Waals surface area contributed by atoms with Crippen LogP contribution in [0.25, 0.3) is 27.5 Å². The molecule has 6 aromatic rings. The van der Waals surface area contributed by atoms with Crippen molar-refractivity contribution in [2.75, 3.05) is 28.6 Å². The van der Waals surface area contributed by atoms with Crippen LogP contribution in [-0.4, -0.2) is 44.6 Å². The van der Waals surface area contributed by atoms with E-state index in [1.54, 1.807) is 0 Å². The van der Waals surface area contributed by atoms with Crippen molar-refractivity contribution < 1.29 is 9.90 Å². The molecule has 0 radical (unpaired) electrons. The number of carbonyl (C=O) groups is 1. The Morgan fingerprint density at radius 2 is 1.48 bits per heavy atom. The van der Waals surface area contributed by atoms with E-state index in [0.29, 0.717) is 5.56 Å². The monoisotopic (exact) mass is 556 g/mol. The summed E-state index contributed by atoms with van der Waals surface area (Å²) in [4.78, 5) is 15.2. The third-order valence-electron chi connectivity index (χ3n) is 8.07. The third-order valence-corrected chi connectivity index (χ3v) is 8.07. The minimum Gasteiger partial charge on any atom is -0.393 e. The lowest BCUT2D eigenvalue weighted by Crippen LogP contribution is -2.35. The van der Waals surface area contributed by atoms with E-state index in [9.17, 15) is 9.90 Å². The molecule has 2 aromatic heterocycles. The van der Waals surface area contributed by atoms with Crippen molar-refractivity contribution in [2.45, 2.75) is 18.9 Å². The van der Waals surface area contributed by atoms with Gasteiger partial charge in [0.15, 0.2) is 0 Å². The Kier molecular flexibility index (Phi) is 6.60. The van der Waals surface area contributed by atoms with Gasteiger partial charge in [0.25, 0.3) is 5.91 Å². The molecule has 3 N–H and O–H groups in total. The summed E-state index contributed by atoms with van der Waals surface area (Å²) in [5, 5.41) is 23.0. The van der Waals surface area contributed by atoms with Gasteiger partial charge in [-0.05, 0) is 104 Å². The van der Waals surface area contributed by atoms with Gasteiger partial charge < -0.3 is 25.2 Å². The number of aliphatic hydroxyl groups is 1. The van der Waals surface area contributed by atoms with Crippen LogP contribution in [0.4, 0.5) is 22.7 Å². The number of benzene rings is 4. The van der Waals surface area contributed by atoms with Crippen LogP contribution < -0.4 is 15.5 Å². The first kappa shape index (κ1) is 25.9. The molecule has 0 atom stereocenters. The molecule has 0 spiro atoms. The van der Waals surface area contributed by atoms with Crippen LogP contribution >= 0.6 is 0 Å². The standard InChI is InChI=1S/C34H32N6O2/c1-38-17-14-23-20-24(2-12-32(23)38)34(42)37-27-5-10-30(11-6-27)40-33-13-7-28(21-25(33)22-35-40)36-26-3-8-29(9-4-26)39-18-15-31(41)16-19-39/h2-14,17,20-22,31,36,41H,15-16,18-19H2,1H3,(H,37,42). The summed E-state index contributed by atoms with van der Waals surface area (Å²) in [6, 6.07) is 30.1. The molecule has 42 heavy (non-hydrogen) atoms. The van der Waals surface area contributed by atoms with Crippen molar-refractivity contribution in [3.05, 3.63) is 109 Å². The van der Waals surface area contributed by atoms with Gasteiger partial charge in [0, 0.05) is 70.9 Å². The number of amides is 1. The molecule has 1 aliphatic rings. The molecule has 210 valence electrons. The molecule has 0 bridgehead atoms. The highest BCUT2D eigenvalue weighted by atomic mass is 16.3. The SMILES string of the molecule is Cn1ccc2cc(C(=O)Nc3ccc(-n4ncc5cc(Nc6ccc(N7CCC(O)CC7)cc6)ccc54)cc3)ccc21. The topological polar surface area (TPSA) is 87.4 Å². The predicted molar refractivity (Wildman–Crippen MR) is 169 cm³/mol. The number of aryl methyl sites for hydroxylation is 1. The van der Waals surface area contributed by atoms with Crippen molar-refractivity contribution >= 4 is 50.5 Å². The highest BCUT2D eigenvalue weighted by Crippen LogP contribution is 2.27. The fourth-order valence-corrected chi connectivity index (χ4v) is 5.67. The first-order valence-corrected chi connectivity index (χ1v) is 14.2. The summed E-state index contributed by atoms with van der Waals surface area (Å²) in [6.45, 7) is 1.77. The molecule has 0 saturated carbocycles. The van der Waals surface area contributed by atoms with Crippen LogP contribution in [0.3, 0.4) is 0 Å². The van der Waals surface area contributed by atoms with E-state index in [2.05, 4.69) is 63.1 Å². The third kappa shape index (κ3) is 5.08. The number of hydrogen-bond acceptors (Lipinski definition) is 5. The van der Waals surface area contributed by atoms with E-state index < -0.39 is 0 Å². The van der Waals surface area contributed by atoms with Gasteiger partial charge >= 0.3 is 0 Å². The normalized spacial score (nSPS) is 14.0. The summed E-state index contributed by atoms with van der Waals surface area (Å²) in [5.74, 6) is -0.140. The van der Waals surface area contributed by atoms with Crippen molar-refractivity contribution in [1.29, 1.82) is 0 Å². The quantitative estimate of drug-likeness (QED) is 0.219. The Hall–Kier alpha value is -5.08. The Balaban J connectivity index is 1.02. The molecule has 1 amide bonds. The van der Waals surface area contributed by atoms with E-state index in [1.807, 2.05) is 77.2 Å². The number of aliphatic hydroxyl groups excluding tert-OH is 1. The fraction of sp³-hybridized carbons (Fsp3) is 0.176. The average Bonchev–Trinajstić information content (AvgIpc) is 3.61. The van der Waals surface area contributed by atoms with E-state index in [1.165, 1.54) is 5.69 Å². The molecule has 1 aliphatic heterocycles. The number of nitrogens with zero attached hydrogens (tertiary/aromatic N) is 4. The molecule has 3 heterocycles. The second-order valence-corrected chi connectivity index (χ2v) is 10.9. The molecule has 8 heteroatoms. The minimum absolute atomic E-state index is 0.140. The molecule has 8 nitrogen and oxygen atoms in total. The number of fused-ring (bicyclic) bond motifs is 2. The van der Waals surface area contributed by atoms with Crippen molar-refractivity contribution in [2.24, 2.45) is 7.05 Å². The number of hydrogen-bond donors (Lipinski definition) is 3. The molecular formula is C34H32N6O2. The first-order valence-electron chi connectivity index (χ1n) is 14.2. The Labute approximate surface area is 243 Å². The Morgan fingerprint density at radius 3 is 2.26 bits per heavy atom. The zero-order valence-corrected chi connectivity index (χ0v) is 23.4. The lowest BCUT2D eigenvalue weighted by molar-refractivity contribution is 0.102. The largest absolute Gasteiger partial charge is 0.393 e. The summed E-state index contributed by atoms with van der Waals surface area (Å²) in [7, 11) is 1.99. The van der Waals surface area contributed by atoms with Gasteiger partial charge in [-0.1, -0.05) is 0 Å². The van der Waals surface area contributed by atoms with Crippen LogP contribution in [0, 0.1) is 0 Å². The smallest absolute Gasteiger partial charge is 0.255 e. The van der Waals surface area contributed by atoms with Gasteiger partial charge in [0.05, 0.1) is 23.5 Å². The summed E-state index contributed by atoms with van der Waals surface area (Å²) < 4.78 is 3.94. The van der Waals surface area contributed by atoms with E-state index in [-0.39, 0.29) is 12.0 Å².